The molecule has 0 saturated heterocycles. The summed E-state index contributed by atoms with van der Waals surface area (Å²) in [6.07, 6.45) is 1.46. The molecule has 0 aliphatic heterocycles. The number of rotatable bonds is 5. The van der Waals surface area contributed by atoms with E-state index < -0.39 is 26.6 Å². The summed E-state index contributed by atoms with van der Waals surface area (Å²) < 4.78 is 40.8. The molecule has 2 N–H and O–H groups in total. The van der Waals surface area contributed by atoms with Crippen LogP contribution in [0.25, 0.3) is 0 Å². The molecule has 0 spiro atoms. The number of amides is 1. The standard InChI is InChI=1S/C17H16ClFN2O3S/c1-10-2-4-13(9-14(10)18)20-17(22)11-3-7-15(19)16(8-11)25(23,24)21-12-5-6-12/h2-4,7-9,12,21H,5-6H2,1H3,(H,20,22). The van der Waals surface area contributed by atoms with Gasteiger partial charge < -0.3 is 5.32 Å². The monoisotopic (exact) mass is 382 g/mol. The van der Waals surface area contributed by atoms with E-state index in [1.165, 1.54) is 6.07 Å². The third-order valence-corrected chi connectivity index (χ3v) is 5.75. The Balaban J connectivity index is 1.85. The molecule has 0 atom stereocenters. The highest BCUT2D eigenvalue weighted by molar-refractivity contribution is 7.89. The van der Waals surface area contributed by atoms with E-state index in [0.29, 0.717) is 10.7 Å². The van der Waals surface area contributed by atoms with Crippen LogP contribution in [0.5, 0.6) is 0 Å². The lowest BCUT2D eigenvalue weighted by molar-refractivity contribution is 0.102. The number of halogens is 2. The lowest BCUT2D eigenvalue weighted by Gasteiger charge is -2.10. The second-order valence-electron chi connectivity index (χ2n) is 5.96. The first kappa shape index (κ1) is 17.8. The summed E-state index contributed by atoms with van der Waals surface area (Å²) in [4.78, 5) is 11.8. The van der Waals surface area contributed by atoms with E-state index in [1.807, 2.05) is 6.92 Å². The van der Waals surface area contributed by atoms with Crippen LogP contribution in [0.15, 0.2) is 41.3 Å². The highest BCUT2D eigenvalue weighted by Crippen LogP contribution is 2.25. The van der Waals surface area contributed by atoms with Crippen LogP contribution in [0.2, 0.25) is 5.02 Å². The highest BCUT2D eigenvalue weighted by Gasteiger charge is 2.30. The van der Waals surface area contributed by atoms with Crippen LogP contribution in [-0.4, -0.2) is 20.4 Å². The largest absolute Gasteiger partial charge is 0.322 e. The molecule has 1 saturated carbocycles. The minimum Gasteiger partial charge on any atom is -0.322 e. The van der Waals surface area contributed by atoms with E-state index in [2.05, 4.69) is 10.0 Å². The minimum atomic E-state index is -4.00. The van der Waals surface area contributed by atoms with Crippen LogP contribution in [0, 0.1) is 12.7 Å². The van der Waals surface area contributed by atoms with Crippen LogP contribution in [-0.2, 0) is 10.0 Å². The number of hydrogen-bond donors (Lipinski definition) is 2. The van der Waals surface area contributed by atoms with Crippen molar-refractivity contribution >= 4 is 33.2 Å². The first-order valence-electron chi connectivity index (χ1n) is 7.65. The molecular weight excluding hydrogens is 367 g/mol. The number of nitrogens with one attached hydrogen (secondary N) is 2. The van der Waals surface area contributed by atoms with Crippen LogP contribution >= 0.6 is 11.6 Å². The van der Waals surface area contributed by atoms with Crippen LogP contribution in [0.1, 0.15) is 28.8 Å². The number of carbonyl (C=O) groups excluding carboxylic acids is 1. The van der Waals surface area contributed by atoms with E-state index in [-0.39, 0.29) is 11.6 Å². The Hall–Kier alpha value is -1.96. The van der Waals surface area contributed by atoms with Gasteiger partial charge in [0.2, 0.25) is 10.0 Å². The minimum absolute atomic E-state index is 0.0364. The molecular formula is C17H16ClFN2O3S. The fourth-order valence-corrected chi connectivity index (χ4v) is 3.80. The van der Waals surface area contributed by atoms with Crippen LogP contribution < -0.4 is 10.0 Å². The number of carbonyl (C=O) groups is 1. The van der Waals surface area contributed by atoms with E-state index >= 15 is 0 Å². The number of aryl methyl sites for hydroxylation is 1. The van der Waals surface area contributed by atoms with Gasteiger partial charge in [0.1, 0.15) is 10.7 Å². The van der Waals surface area contributed by atoms with Gasteiger partial charge in [-0.3, -0.25) is 4.79 Å². The molecule has 132 valence electrons. The van der Waals surface area contributed by atoms with Gasteiger partial charge in [-0.2, -0.15) is 0 Å². The first-order valence-corrected chi connectivity index (χ1v) is 9.52. The van der Waals surface area contributed by atoms with Gasteiger partial charge in [0.15, 0.2) is 0 Å². The quantitative estimate of drug-likeness (QED) is 0.831. The smallest absolute Gasteiger partial charge is 0.255 e. The zero-order valence-corrected chi connectivity index (χ0v) is 14.9. The summed E-state index contributed by atoms with van der Waals surface area (Å²) in [6.45, 7) is 1.83. The van der Waals surface area contributed by atoms with Gasteiger partial charge in [0.25, 0.3) is 5.91 Å². The fourth-order valence-electron chi connectivity index (χ4n) is 2.21. The Labute approximate surface area is 150 Å². The van der Waals surface area contributed by atoms with Crippen molar-refractivity contribution in [1.29, 1.82) is 0 Å². The van der Waals surface area contributed by atoms with Crippen molar-refractivity contribution in [2.45, 2.75) is 30.7 Å². The van der Waals surface area contributed by atoms with Crippen molar-refractivity contribution in [2.24, 2.45) is 0 Å². The van der Waals surface area contributed by atoms with Gasteiger partial charge in [-0.05, 0) is 55.7 Å². The molecule has 8 heteroatoms. The third-order valence-electron chi connectivity index (χ3n) is 3.81. The van der Waals surface area contributed by atoms with Gasteiger partial charge >= 0.3 is 0 Å². The molecule has 5 nitrogen and oxygen atoms in total. The third kappa shape index (κ3) is 4.18. The molecule has 0 bridgehead atoms. The Morgan fingerprint density at radius 1 is 1.20 bits per heavy atom. The topological polar surface area (TPSA) is 75.3 Å². The van der Waals surface area contributed by atoms with Crippen molar-refractivity contribution in [3.05, 3.63) is 58.4 Å². The normalized spacial score (nSPS) is 14.4. The van der Waals surface area contributed by atoms with E-state index in [1.54, 1.807) is 18.2 Å². The van der Waals surface area contributed by atoms with Gasteiger partial charge in [-0.25, -0.2) is 17.5 Å². The molecule has 3 rings (SSSR count). The maximum Gasteiger partial charge on any atom is 0.255 e. The maximum atomic E-state index is 14.0. The Morgan fingerprint density at radius 2 is 1.92 bits per heavy atom. The van der Waals surface area contributed by atoms with Crippen LogP contribution in [0.3, 0.4) is 0 Å². The van der Waals surface area contributed by atoms with Crippen molar-refractivity contribution in [1.82, 2.24) is 4.72 Å². The Kier molecular flexibility index (Phi) is 4.81. The summed E-state index contributed by atoms with van der Waals surface area (Å²) in [5.41, 5.74) is 1.36. The zero-order chi connectivity index (χ0) is 18.2. The molecule has 2 aromatic rings. The highest BCUT2D eigenvalue weighted by atomic mass is 35.5. The number of hydrogen-bond acceptors (Lipinski definition) is 3. The average molecular weight is 383 g/mol. The molecule has 2 aromatic carbocycles. The predicted octanol–water partition coefficient (Wildman–Crippen LogP) is 3.48. The van der Waals surface area contributed by atoms with Gasteiger partial charge in [0, 0.05) is 22.3 Å². The van der Waals surface area contributed by atoms with Crippen molar-refractivity contribution in [3.8, 4) is 0 Å². The molecule has 0 unspecified atom stereocenters. The number of anilines is 1. The van der Waals surface area contributed by atoms with Gasteiger partial charge in [0.05, 0.1) is 0 Å². The number of sulfonamides is 1. The Morgan fingerprint density at radius 3 is 2.56 bits per heavy atom. The molecule has 0 radical (unpaired) electrons. The Bertz CT molecular complexity index is 943. The zero-order valence-electron chi connectivity index (χ0n) is 13.3. The van der Waals surface area contributed by atoms with Gasteiger partial charge in [-0.1, -0.05) is 17.7 Å². The SMILES string of the molecule is Cc1ccc(NC(=O)c2ccc(F)c(S(=O)(=O)NC3CC3)c2)cc1Cl. The van der Waals surface area contributed by atoms with E-state index in [0.717, 1.165) is 30.5 Å². The summed E-state index contributed by atoms with van der Waals surface area (Å²) >= 11 is 6.02. The summed E-state index contributed by atoms with van der Waals surface area (Å²) in [7, 11) is -4.00. The molecule has 1 aliphatic rings. The molecule has 0 heterocycles. The first-order chi connectivity index (χ1) is 11.8. The molecule has 1 amide bonds. The fraction of sp³-hybridized carbons (Fsp3) is 0.235. The summed E-state index contributed by atoms with van der Waals surface area (Å²) in [5.74, 6) is -1.45. The summed E-state index contributed by atoms with van der Waals surface area (Å²) in [5, 5.41) is 3.11. The molecule has 25 heavy (non-hydrogen) atoms. The van der Waals surface area contributed by atoms with E-state index in [9.17, 15) is 17.6 Å². The molecule has 0 aromatic heterocycles. The molecule has 1 aliphatic carbocycles. The molecule has 1 fully saturated rings. The second kappa shape index (κ2) is 6.74. The van der Waals surface area contributed by atoms with E-state index in [4.69, 9.17) is 11.6 Å². The lowest BCUT2D eigenvalue weighted by atomic mass is 10.2. The van der Waals surface area contributed by atoms with Gasteiger partial charge in [-0.15, -0.1) is 0 Å². The number of benzene rings is 2. The van der Waals surface area contributed by atoms with Crippen molar-refractivity contribution in [2.75, 3.05) is 5.32 Å². The predicted molar refractivity (Wildman–Crippen MR) is 93.9 cm³/mol. The lowest BCUT2D eigenvalue weighted by Crippen LogP contribution is -2.27. The van der Waals surface area contributed by atoms with Crippen molar-refractivity contribution in [3.63, 3.8) is 0 Å². The van der Waals surface area contributed by atoms with Crippen LogP contribution in [0.4, 0.5) is 10.1 Å². The van der Waals surface area contributed by atoms with Crippen molar-refractivity contribution < 1.29 is 17.6 Å². The summed E-state index contributed by atoms with van der Waals surface area (Å²) in [6, 6.07) is 8.09. The average Bonchev–Trinajstić information content (AvgIpc) is 3.34. The maximum absolute atomic E-state index is 14.0. The second-order valence-corrected chi connectivity index (χ2v) is 8.05.